The van der Waals surface area contributed by atoms with Crippen LogP contribution < -0.4 is 11.1 Å². The number of imidazole rings is 1. The van der Waals surface area contributed by atoms with Crippen LogP contribution in [0, 0.1) is 5.92 Å². The van der Waals surface area contributed by atoms with E-state index in [0.29, 0.717) is 18.8 Å². The number of carbonyl (C=O) groups is 2. The zero-order valence-corrected chi connectivity index (χ0v) is 11.5. The average molecular weight is 267 g/mol. The molecule has 0 aliphatic heterocycles. The van der Waals surface area contributed by atoms with Gasteiger partial charge in [-0.1, -0.05) is 13.8 Å². The van der Waals surface area contributed by atoms with E-state index in [4.69, 9.17) is 5.73 Å². The van der Waals surface area contributed by atoms with Crippen molar-refractivity contribution in [3.63, 3.8) is 0 Å². The smallest absolute Gasteiger partial charge is 0.312 e. The lowest BCUT2D eigenvalue weighted by Gasteiger charge is -2.24. The van der Waals surface area contributed by atoms with E-state index in [0.717, 1.165) is 0 Å². The predicted molar refractivity (Wildman–Crippen MR) is 71.0 cm³/mol. The third kappa shape index (κ3) is 4.99. The Kier molecular flexibility index (Phi) is 5.35. The minimum absolute atomic E-state index is 0.177. The molecule has 7 nitrogen and oxygen atoms in total. The molecule has 1 aromatic heterocycles. The molecule has 19 heavy (non-hydrogen) atoms. The van der Waals surface area contributed by atoms with E-state index in [9.17, 15) is 9.59 Å². The van der Waals surface area contributed by atoms with E-state index >= 15 is 0 Å². The molecule has 0 fully saturated rings. The largest absolute Gasteiger partial charge is 0.352 e. The van der Waals surface area contributed by atoms with E-state index in [2.05, 4.69) is 15.3 Å². The van der Waals surface area contributed by atoms with Gasteiger partial charge in [0.05, 0.1) is 6.54 Å². The number of urea groups is 1. The highest BCUT2D eigenvalue weighted by molar-refractivity contribution is 5.86. The highest BCUT2D eigenvalue weighted by atomic mass is 16.2. The van der Waals surface area contributed by atoms with Crippen molar-refractivity contribution in [2.24, 2.45) is 11.7 Å². The van der Waals surface area contributed by atoms with Gasteiger partial charge in [-0.25, -0.2) is 9.78 Å². The number of hydrogen-bond donors (Lipinski definition) is 3. The molecule has 0 bridgehead atoms. The normalized spacial score (nSPS) is 12.2. The molecule has 106 valence electrons. The molecule has 1 unspecified atom stereocenters. The van der Waals surface area contributed by atoms with Gasteiger partial charge in [0.25, 0.3) is 0 Å². The molecule has 1 heterocycles. The molecule has 0 radical (unpaired) electrons. The lowest BCUT2D eigenvalue weighted by atomic mass is 10.0. The number of carbonyl (C=O) groups excluding carboxylic acids is 2. The summed E-state index contributed by atoms with van der Waals surface area (Å²) < 4.78 is 0. The number of aromatic nitrogens is 2. The lowest BCUT2D eigenvalue weighted by molar-refractivity contribution is -0.132. The number of nitrogens with one attached hydrogen (secondary N) is 2. The van der Waals surface area contributed by atoms with Gasteiger partial charge in [-0.2, -0.15) is 0 Å². The standard InChI is InChI=1S/C12H21N5O2/c1-8(2)6-9(16-12(13)19)11(18)17(3)7-10-14-4-5-15-10/h4-5,8-9H,6-7H2,1-3H3,(H,14,15)(H3,13,16,19). The van der Waals surface area contributed by atoms with Crippen LogP contribution >= 0.6 is 0 Å². The molecule has 7 heteroatoms. The first-order valence-electron chi connectivity index (χ1n) is 6.19. The molecule has 1 atom stereocenters. The summed E-state index contributed by atoms with van der Waals surface area (Å²) in [4.78, 5) is 31.7. The Morgan fingerprint density at radius 3 is 2.68 bits per heavy atom. The van der Waals surface area contributed by atoms with E-state index in [1.54, 1.807) is 19.4 Å². The Balaban J connectivity index is 2.66. The first-order chi connectivity index (χ1) is 8.90. The Morgan fingerprint density at radius 2 is 2.21 bits per heavy atom. The van der Waals surface area contributed by atoms with Gasteiger partial charge >= 0.3 is 6.03 Å². The number of hydrogen-bond acceptors (Lipinski definition) is 3. The Bertz CT molecular complexity index is 416. The monoisotopic (exact) mass is 267 g/mol. The third-order valence-corrected chi connectivity index (χ3v) is 2.64. The highest BCUT2D eigenvalue weighted by Crippen LogP contribution is 2.08. The van der Waals surface area contributed by atoms with Gasteiger partial charge in [0.2, 0.25) is 5.91 Å². The van der Waals surface area contributed by atoms with Crippen LogP contribution in [0.5, 0.6) is 0 Å². The van der Waals surface area contributed by atoms with E-state index in [1.165, 1.54) is 4.90 Å². The van der Waals surface area contributed by atoms with E-state index < -0.39 is 12.1 Å². The molecular weight excluding hydrogens is 246 g/mol. The molecule has 3 amide bonds. The summed E-state index contributed by atoms with van der Waals surface area (Å²) in [6, 6.07) is -1.29. The minimum atomic E-state index is -0.689. The number of amides is 3. The number of primary amides is 1. The molecule has 0 spiro atoms. The lowest BCUT2D eigenvalue weighted by Crippen LogP contribution is -2.49. The van der Waals surface area contributed by atoms with Crippen molar-refractivity contribution in [1.82, 2.24) is 20.2 Å². The number of H-pyrrole nitrogens is 1. The van der Waals surface area contributed by atoms with Crippen LogP contribution in [-0.2, 0) is 11.3 Å². The second-order valence-corrected chi connectivity index (χ2v) is 4.92. The SMILES string of the molecule is CC(C)CC(NC(N)=O)C(=O)N(C)Cc1ncc[nH]1. The maximum absolute atomic E-state index is 12.3. The van der Waals surface area contributed by atoms with Crippen molar-refractivity contribution in [3.8, 4) is 0 Å². The zero-order chi connectivity index (χ0) is 14.4. The number of likely N-dealkylation sites (N-methyl/N-ethyl adjacent to an activating group) is 1. The molecule has 0 saturated heterocycles. The molecule has 1 rings (SSSR count). The van der Waals surface area contributed by atoms with E-state index in [-0.39, 0.29) is 11.8 Å². The molecular formula is C12H21N5O2. The maximum Gasteiger partial charge on any atom is 0.312 e. The minimum Gasteiger partial charge on any atom is -0.352 e. The predicted octanol–water partition coefficient (Wildman–Crippen LogP) is 0.451. The summed E-state index contributed by atoms with van der Waals surface area (Å²) in [6.07, 6.45) is 3.87. The molecule has 0 aromatic carbocycles. The fourth-order valence-electron chi connectivity index (χ4n) is 1.82. The summed E-state index contributed by atoms with van der Waals surface area (Å²) in [5.74, 6) is 0.792. The molecule has 0 aliphatic carbocycles. The highest BCUT2D eigenvalue weighted by Gasteiger charge is 2.24. The van der Waals surface area contributed by atoms with Crippen LogP contribution in [0.1, 0.15) is 26.1 Å². The van der Waals surface area contributed by atoms with Crippen molar-refractivity contribution < 1.29 is 9.59 Å². The van der Waals surface area contributed by atoms with Crippen LogP contribution in [0.3, 0.4) is 0 Å². The summed E-state index contributed by atoms with van der Waals surface area (Å²) in [6.45, 7) is 4.33. The second kappa shape index (κ2) is 6.77. The molecule has 4 N–H and O–H groups in total. The van der Waals surface area contributed by atoms with Gasteiger partial charge in [-0.15, -0.1) is 0 Å². The Morgan fingerprint density at radius 1 is 1.53 bits per heavy atom. The fourth-order valence-corrected chi connectivity index (χ4v) is 1.82. The molecule has 1 aromatic rings. The van der Waals surface area contributed by atoms with Crippen LogP contribution in [0.25, 0.3) is 0 Å². The van der Waals surface area contributed by atoms with Gasteiger partial charge in [-0.05, 0) is 12.3 Å². The van der Waals surface area contributed by atoms with Gasteiger partial charge in [0.15, 0.2) is 0 Å². The second-order valence-electron chi connectivity index (χ2n) is 4.92. The summed E-state index contributed by atoms with van der Waals surface area (Å²) in [5.41, 5.74) is 5.10. The fraction of sp³-hybridized carbons (Fsp3) is 0.583. The Labute approximate surface area is 112 Å². The molecule has 0 aliphatic rings. The summed E-state index contributed by atoms with van der Waals surface area (Å²) in [7, 11) is 1.67. The summed E-state index contributed by atoms with van der Waals surface area (Å²) >= 11 is 0. The molecule has 0 saturated carbocycles. The summed E-state index contributed by atoms with van der Waals surface area (Å²) in [5, 5.41) is 2.49. The van der Waals surface area contributed by atoms with Gasteiger partial charge in [0, 0.05) is 19.4 Å². The zero-order valence-electron chi connectivity index (χ0n) is 11.5. The van der Waals surface area contributed by atoms with Gasteiger partial charge in [-0.3, -0.25) is 4.79 Å². The van der Waals surface area contributed by atoms with Crippen molar-refractivity contribution in [2.45, 2.75) is 32.9 Å². The Hall–Kier alpha value is -2.05. The van der Waals surface area contributed by atoms with Crippen LogP contribution in [0.4, 0.5) is 4.79 Å². The van der Waals surface area contributed by atoms with E-state index in [1.807, 2.05) is 13.8 Å². The van der Waals surface area contributed by atoms with Gasteiger partial charge < -0.3 is 20.9 Å². The number of aromatic amines is 1. The van der Waals surface area contributed by atoms with Crippen LogP contribution in [0.15, 0.2) is 12.4 Å². The number of nitrogens with zero attached hydrogens (tertiary/aromatic N) is 2. The van der Waals surface area contributed by atoms with Crippen molar-refractivity contribution in [2.75, 3.05) is 7.05 Å². The topological polar surface area (TPSA) is 104 Å². The third-order valence-electron chi connectivity index (χ3n) is 2.64. The van der Waals surface area contributed by atoms with Crippen LogP contribution in [-0.4, -0.2) is 39.9 Å². The quantitative estimate of drug-likeness (QED) is 0.697. The van der Waals surface area contributed by atoms with Crippen LogP contribution in [0.2, 0.25) is 0 Å². The number of nitrogens with two attached hydrogens (primary N) is 1. The average Bonchev–Trinajstić information content (AvgIpc) is 2.78. The van der Waals surface area contributed by atoms with Crippen molar-refractivity contribution in [3.05, 3.63) is 18.2 Å². The first-order valence-corrected chi connectivity index (χ1v) is 6.19. The van der Waals surface area contributed by atoms with Crippen molar-refractivity contribution in [1.29, 1.82) is 0 Å². The maximum atomic E-state index is 12.3. The number of rotatable bonds is 6. The van der Waals surface area contributed by atoms with Gasteiger partial charge in [0.1, 0.15) is 11.9 Å². The van der Waals surface area contributed by atoms with Crippen molar-refractivity contribution >= 4 is 11.9 Å². The first kappa shape index (κ1) is 15.0.